The molecule has 0 aliphatic heterocycles. The SMILES string of the molecule is COc1ccc(C(=O)NC(C(=O)Nc2ccc(C(C)=O)cc2)C(C)C)cc1. The number of ketones is 1. The molecule has 2 N–H and O–H groups in total. The van der Waals surface area contributed by atoms with Crippen LogP contribution in [0.3, 0.4) is 0 Å². The van der Waals surface area contributed by atoms with Crippen LogP contribution in [0.1, 0.15) is 41.5 Å². The van der Waals surface area contributed by atoms with Gasteiger partial charge in [0.2, 0.25) is 5.91 Å². The summed E-state index contributed by atoms with van der Waals surface area (Å²) in [6.07, 6.45) is 0. The van der Waals surface area contributed by atoms with Gasteiger partial charge in [-0.3, -0.25) is 14.4 Å². The van der Waals surface area contributed by atoms with E-state index in [9.17, 15) is 14.4 Å². The molecule has 0 aliphatic rings. The maximum Gasteiger partial charge on any atom is 0.251 e. The Kier molecular flexibility index (Phi) is 6.71. The number of methoxy groups -OCH3 is 1. The fourth-order valence-electron chi connectivity index (χ4n) is 2.51. The highest BCUT2D eigenvalue weighted by Gasteiger charge is 2.24. The number of rotatable bonds is 7. The molecule has 2 aromatic rings. The average Bonchev–Trinajstić information content (AvgIpc) is 2.66. The van der Waals surface area contributed by atoms with Gasteiger partial charge >= 0.3 is 0 Å². The van der Waals surface area contributed by atoms with Crippen LogP contribution in [0.25, 0.3) is 0 Å². The summed E-state index contributed by atoms with van der Waals surface area (Å²) in [6, 6.07) is 12.6. The Morgan fingerprint density at radius 3 is 1.93 bits per heavy atom. The molecule has 0 aromatic heterocycles. The second-order valence-corrected chi connectivity index (χ2v) is 6.55. The van der Waals surface area contributed by atoms with Crippen LogP contribution in [0.4, 0.5) is 5.69 Å². The van der Waals surface area contributed by atoms with E-state index in [2.05, 4.69) is 10.6 Å². The number of amides is 2. The molecule has 1 atom stereocenters. The Bertz CT molecular complexity index is 811. The molecule has 0 spiro atoms. The molecule has 0 radical (unpaired) electrons. The number of hydrogen-bond donors (Lipinski definition) is 2. The number of carbonyl (C=O) groups excluding carboxylic acids is 3. The van der Waals surface area contributed by atoms with E-state index < -0.39 is 6.04 Å². The number of anilines is 1. The molecule has 6 heteroatoms. The van der Waals surface area contributed by atoms with Crippen molar-refractivity contribution in [3.8, 4) is 5.75 Å². The van der Waals surface area contributed by atoms with Gasteiger partial charge < -0.3 is 15.4 Å². The van der Waals surface area contributed by atoms with E-state index >= 15 is 0 Å². The Morgan fingerprint density at radius 2 is 1.44 bits per heavy atom. The molecule has 0 bridgehead atoms. The fourth-order valence-corrected chi connectivity index (χ4v) is 2.51. The molecule has 142 valence electrons. The summed E-state index contributed by atoms with van der Waals surface area (Å²) in [5.74, 6) is -0.150. The third-order valence-corrected chi connectivity index (χ3v) is 4.15. The lowest BCUT2D eigenvalue weighted by atomic mass is 10.0. The first-order valence-corrected chi connectivity index (χ1v) is 8.68. The van der Waals surface area contributed by atoms with Crippen molar-refractivity contribution >= 4 is 23.3 Å². The highest BCUT2D eigenvalue weighted by Crippen LogP contribution is 2.14. The van der Waals surface area contributed by atoms with Crippen molar-refractivity contribution < 1.29 is 19.1 Å². The van der Waals surface area contributed by atoms with Crippen LogP contribution in [0.2, 0.25) is 0 Å². The predicted octanol–water partition coefficient (Wildman–Crippen LogP) is 3.29. The molecule has 0 saturated heterocycles. The van der Waals surface area contributed by atoms with Crippen LogP contribution in [0.5, 0.6) is 5.75 Å². The number of hydrogen-bond acceptors (Lipinski definition) is 4. The lowest BCUT2D eigenvalue weighted by molar-refractivity contribution is -0.118. The first-order valence-electron chi connectivity index (χ1n) is 8.68. The lowest BCUT2D eigenvalue weighted by Crippen LogP contribution is -2.47. The van der Waals surface area contributed by atoms with E-state index in [0.717, 1.165) is 0 Å². The van der Waals surface area contributed by atoms with Gasteiger partial charge in [0.05, 0.1) is 7.11 Å². The number of ether oxygens (including phenoxy) is 1. The zero-order chi connectivity index (χ0) is 20.0. The third kappa shape index (κ3) is 5.41. The number of nitrogens with one attached hydrogen (secondary N) is 2. The first-order chi connectivity index (χ1) is 12.8. The van der Waals surface area contributed by atoms with Gasteiger partial charge in [0.1, 0.15) is 11.8 Å². The highest BCUT2D eigenvalue weighted by molar-refractivity contribution is 6.01. The molecule has 0 fully saturated rings. The van der Waals surface area contributed by atoms with E-state index in [1.165, 1.54) is 6.92 Å². The summed E-state index contributed by atoms with van der Waals surface area (Å²) >= 11 is 0. The second-order valence-electron chi connectivity index (χ2n) is 6.55. The van der Waals surface area contributed by atoms with Crippen molar-refractivity contribution in [3.05, 3.63) is 59.7 Å². The Morgan fingerprint density at radius 1 is 0.889 bits per heavy atom. The van der Waals surface area contributed by atoms with Crippen molar-refractivity contribution in [2.75, 3.05) is 12.4 Å². The molecule has 0 heterocycles. The smallest absolute Gasteiger partial charge is 0.251 e. The molecule has 0 aliphatic carbocycles. The molecule has 6 nitrogen and oxygen atoms in total. The van der Waals surface area contributed by atoms with Crippen LogP contribution < -0.4 is 15.4 Å². The quantitative estimate of drug-likeness (QED) is 0.735. The van der Waals surface area contributed by atoms with Crippen molar-refractivity contribution in [2.45, 2.75) is 26.8 Å². The largest absolute Gasteiger partial charge is 0.497 e. The average molecular weight is 368 g/mol. The van der Waals surface area contributed by atoms with Gasteiger partial charge in [-0.05, 0) is 61.4 Å². The van der Waals surface area contributed by atoms with Crippen molar-refractivity contribution in [3.63, 3.8) is 0 Å². The van der Waals surface area contributed by atoms with Gasteiger partial charge in [-0.25, -0.2) is 0 Å². The van der Waals surface area contributed by atoms with Crippen LogP contribution in [-0.2, 0) is 4.79 Å². The standard InChI is InChI=1S/C21H24N2O4/c1-13(2)19(23-20(25)16-7-11-18(27-4)12-8-16)21(26)22-17-9-5-15(6-10-17)14(3)24/h5-13,19H,1-4H3,(H,22,26)(H,23,25). The Hall–Kier alpha value is -3.15. The molecule has 1 unspecified atom stereocenters. The van der Waals surface area contributed by atoms with E-state index in [0.29, 0.717) is 22.6 Å². The van der Waals surface area contributed by atoms with Gasteiger partial charge in [-0.2, -0.15) is 0 Å². The molecule has 2 rings (SSSR count). The van der Waals surface area contributed by atoms with Crippen LogP contribution >= 0.6 is 0 Å². The van der Waals surface area contributed by atoms with Gasteiger partial charge in [0.25, 0.3) is 5.91 Å². The monoisotopic (exact) mass is 368 g/mol. The van der Waals surface area contributed by atoms with E-state index in [-0.39, 0.29) is 23.5 Å². The molecule has 0 saturated carbocycles. The zero-order valence-electron chi connectivity index (χ0n) is 15.9. The summed E-state index contributed by atoms with van der Waals surface area (Å²) < 4.78 is 5.08. The summed E-state index contributed by atoms with van der Waals surface area (Å²) in [6.45, 7) is 5.20. The van der Waals surface area contributed by atoms with Crippen LogP contribution in [0, 0.1) is 5.92 Å². The van der Waals surface area contributed by atoms with Gasteiger partial charge in [0, 0.05) is 16.8 Å². The van der Waals surface area contributed by atoms with Crippen molar-refractivity contribution in [2.24, 2.45) is 5.92 Å². The van der Waals surface area contributed by atoms with Gasteiger partial charge in [-0.1, -0.05) is 13.8 Å². The normalized spacial score (nSPS) is 11.6. The molecule has 2 amide bonds. The first kappa shape index (κ1) is 20.2. The van der Waals surface area contributed by atoms with Gasteiger partial charge in [0.15, 0.2) is 5.78 Å². The maximum absolute atomic E-state index is 12.6. The molecular formula is C21H24N2O4. The molecule has 2 aromatic carbocycles. The van der Waals surface area contributed by atoms with E-state index in [1.54, 1.807) is 55.6 Å². The number of carbonyl (C=O) groups is 3. The van der Waals surface area contributed by atoms with Crippen molar-refractivity contribution in [1.82, 2.24) is 5.32 Å². The summed E-state index contributed by atoms with van der Waals surface area (Å²) in [5, 5.41) is 5.55. The van der Waals surface area contributed by atoms with Gasteiger partial charge in [-0.15, -0.1) is 0 Å². The molecular weight excluding hydrogens is 344 g/mol. The minimum Gasteiger partial charge on any atom is -0.497 e. The minimum atomic E-state index is -0.702. The van der Waals surface area contributed by atoms with Crippen molar-refractivity contribution in [1.29, 1.82) is 0 Å². The molecule has 27 heavy (non-hydrogen) atoms. The van der Waals surface area contributed by atoms with E-state index in [4.69, 9.17) is 4.74 Å². The van der Waals surface area contributed by atoms with Crippen LogP contribution in [-0.4, -0.2) is 30.7 Å². The third-order valence-electron chi connectivity index (χ3n) is 4.15. The minimum absolute atomic E-state index is 0.0420. The Labute approximate surface area is 158 Å². The second kappa shape index (κ2) is 8.98. The highest BCUT2D eigenvalue weighted by atomic mass is 16.5. The zero-order valence-corrected chi connectivity index (χ0v) is 15.9. The topological polar surface area (TPSA) is 84.5 Å². The number of benzene rings is 2. The predicted molar refractivity (Wildman–Crippen MR) is 104 cm³/mol. The lowest BCUT2D eigenvalue weighted by Gasteiger charge is -2.22. The maximum atomic E-state index is 12.6. The summed E-state index contributed by atoms with van der Waals surface area (Å²) in [7, 11) is 1.55. The summed E-state index contributed by atoms with van der Waals surface area (Å²) in [4.78, 5) is 36.4. The van der Waals surface area contributed by atoms with Crippen LogP contribution in [0.15, 0.2) is 48.5 Å². The van der Waals surface area contributed by atoms with E-state index in [1.807, 2.05) is 13.8 Å². The number of Topliss-reactive ketones (excluding diaryl/α,β-unsaturated/α-hetero) is 1. The fraction of sp³-hybridized carbons (Fsp3) is 0.286. The summed E-state index contributed by atoms with van der Waals surface area (Å²) in [5.41, 5.74) is 1.58. The Balaban J connectivity index is 2.07.